The van der Waals surface area contributed by atoms with Gasteiger partial charge in [-0.15, -0.1) is 0 Å². The zero-order chi connectivity index (χ0) is 21.8. The minimum absolute atomic E-state index is 0.172. The molecule has 0 aromatic heterocycles. The van der Waals surface area contributed by atoms with Crippen LogP contribution in [0.25, 0.3) is 6.08 Å². The third-order valence-corrected chi connectivity index (χ3v) is 6.57. The summed E-state index contributed by atoms with van der Waals surface area (Å²) in [6.07, 6.45) is 5.10. The maximum absolute atomic E-state index is 13.3. The average molecular weight is 437 g/mol. The van der Waals surface area contributed by atoms with E-state index in [1.54, 1.807) is 31.3 Å². The Labute approximate surface area is 185 Å². The fourth-order valence-corrected chi connectivity index (χ4v) is 4.85. The maximum atomic E-state index is 13.3. The van der Waals surface area contributed by atoms with Crippen LogP contribution in [-0.2, 0) is 9.59 Å². The molecule has 0 bridgehead atoms. The number of anilines is 1. The van der Waals surface area contributed by atoms with Crippen molar-refractivity contribution in [3.8, 4) is 11.5 Å². The number of Topliss-reactive ketones (excluding diaryl/α,β-unsaturated/α-hetero) is 1. The Hall–Kier alpha value is -3.06. The smallest absolute Gasteiger partial charge is 0.283 e. The van der Waals surface area contributed by atoms with Crippen molar-refractivity contribution in [1.29, 1.82) is 0 Å². The summed E-state index contributed by atoms with van der Waals surface area (Å²) in [5.41, 5.74) is 1.84. The van der Waals surface area contributed by atoms with Gasteiger partial charge >= 0.3 is 0 Å². The number of hydrogen-bond donors (Lipinski definition) is 0. The number of benzene rings is 2. The van der Waals surface area contributed by atoms with Crippen molar-refractivity contribution < 1.29 is 19.1 Å². The molecule has 2 aromatic carbocycles. The van der Waals surface area contributed by atoms with Gasteiger partial charge in [0.1, 0.15) is 23.0 Å². The minimum Gasteiger partial charge on any atom is -0.497 e. The zero-order valence-electron chi connectivity index (χ0n) is 17.5. The molecule has 1 unspecified atom stereocenters. The van der Waals surface area contributed by atoms with E-state index in [0.29, 0.717) is 28.7 Å². The second-order valence-corrected chi connectivity index (χ2v) is 8.53. The van der Waals surface area contributed by atoms with E-state index in [1.165, 1.54) is 11.8 Å². The highest BCUT2D eigenvalue weighted by Gasteiger charge is 2.35. The molecular weight excluding hydrogens is 412 g/mol. The number of ether oxygens (including phenoxy) is 2. The van der Waals surface area contributed by atoms with Crippen molar-refractivity contribution in [3.63, 3.8) is 0 Å². The minimum atomic E-state index is -0.227. The summed E-state index contributed by atoms with van der Waals surface area (Å²) in [5.74, 6) is 1.39. The molecule has 4 rings (SSSR count). The molecule has 0 spiro atoms. The average Bonchev–Trinajstić information content (AvgIpc) is 3.10. The number of hydrogen-bond acceptors (Lipinski definition) is 6. The number of carbonyl (C=O) groups excluding carboxylic acids is 2. The second-order valence-electron chi connectivity index (χ2n) is 7.36. The van der Waals surface area contributed by atoms with E-state index in [9.17, 15) is 9.59 Å². The fraction of sp³-hybridized carbons (Fsp3) is 0.292. The molecular formula is C24H24N2O4S. The highest BCUT2D eigenvalue weighted by molar-refractivity contribution is 8.15. The third-order valence-electron chi connectivity index (χ3n) is 5.31. The van der Waals surface area contributed by atoms with E-state index < -0.39 is 0 Å². The predicted octanol–water partition coefficient (Wildman–Crippen LogP) is 4.69. The first-order chi connectivity index (χ1) is 15.1. The Bertz CT molecular complexity index is 1050. The van der Waals surface area contributed by atoms with E-state index in [-0.39, 0.29) is 16.9 Å². The SMILES string of the molecule is COc1ccc(C=C2N=C(SC3CCCCC3=O)N(c3cccc(OC)c3)C2=O)cc1. The summed E-state index contributed by atoms with van der Waals surface area (Å²) >= 11 is 1.38. The van der Waals surface area contributed by atoms with Crippen LogP contribution in [0.15, 0.2) is 59.2 Å². The molecule has 1 aliphatic heterocycles. The molecule has 2 aromatic rings. The Morgan fingerprint density at radius 3 is 2.52 bits per heavy atom. The van der Waals surface area contributed by atoms with E-state index >= 15 is 0 Å². The number of amides is 1. The molecule has 1 fully saturated rings. The van der Waals surface area contributed by atoms with Gasteiger partial charge in [0.2, 0.25) is 0 Å². The van der Waals surface area contributed by atoms with Gasteiger partial charge in [0.15, 0.2) is 5.17 Å². The molecule has 1 amide bonds. The summed E-state index contributed by atoms with van der Waals surface area (Å²) in [7, 11) is 3.20. The summed E-state index contributed by atoms with van der Waals surface area (Å²) < 4.78 is 10.5. The number of aliphatic imine (C=N–C) groups is 1. The second kappa shape index (κ2) is 9.39. The number of rotatable bonds is 5. The zero-order valence-corrected chi connectivity index (χ0v) is 18.4. The van der Waals surface area contributed by atoms with Crippen LogP contribution in [0.3, 0.4) is 0 Å². The van der Waals surface area contributed by atoms with Gasteiger partial charge in [0.25, 0.3) is 5.91 Å². The molecule has 7 heteroatoms. The van der Waals surface area contributed by atoms with E-state index in [0.717, 1.165) is 30.6 Å². The van der Waals surface area contributed by atoms with E-state index in [4.69, 9.17) is 9.47 Å². The number of thioether (sulfide) groups is 1. The lowest BCUT2D eigenvalue weighted by molar-refractivity contribution is -0.119. The Morgan fingerprint density at radius 2 is 1.81 bits per heavy atom. The molecule has 1 atom stereocenters. The van der Waals surface area contributed by atoms with Crippen molar-refractivity contribution in [2.45, 2.75) is 30.9 Å². The lowest BCUT2D eigenvalue weighted by Gasteiger charge is -2.23. The van der Waals surface area contributed by atoms with E-state index in [1.807, 2.05) is 42.5 Å². The molecule has 0 radical (unpaired) electrons. The van der Waals surface area contributed by atoms with Crippen LogP contribution in [0.4, 0.5) is 5.69 Å². The van der Waals surface area contributed by atoms with Gasteiger partial charge < -0.3 is 9.47 Å². The summed E-state index contributed by atoms with van der Waals surface area (Å²) in [6.45, 7) is 0. The van der Waals surface area contributed by atoms with Gasteiger partial charge in [-0.3, -0.25) is 14.5 Å². The number of nitrogens with zero attached hydrogens (tertiary/aromatic N) is 2. The first-order valence-corrected chi connectivity index (χ1v) is 11.1. The predicted molar refractivity (Wildman–Crippen MR) is 124 cm³/mol. The first-order valence-electron chi connectivity index (χ1n) is 10.2. The Morgan fingerprint density at radius 1 is 1.03 bits per heavy atom. The first kappa shape index (κ1) is 21.2. The van der Waals surface area contributed by atoms with Crippen LogP contribution >= 0.6 is 11.8 Å². The van der Waals surface area contributed by atoms with Gasteiger partial charge in [-0.05, 0) is 48.7 Å². The molecule has 160 valence electrons. The van der Waals surface area contributed by atoms with Crippen LogP contribution in [0.1, 0.15) is 31.2 Å². The molecule has 1 heterocycles. The van der Waals surface area contributed by atoms with Gasteiger partial charge in [-0.25, -0.2) is 4.99 Å². The van der Waals surface area contributed by atoms with Crippen molar-refractivity contribution in [2.75, 3.05) is 19.1 Å². The van der Waals surface area contributed by atoms with Crippen molar-refractivity contribution in [2.24, 2.45) is 4.99 Å². The molecule has 0 saturated heterocycles. The highest BCUT2D eigenvalue weighted by atomic mass is 32.2. The Kier molecular flexibility index (Phi) is 6.42. The fourth-order valence-electron chi connectivity index (χ4n) is 3.61. The van der Waals surface area contributed by atoms with Crippen molar-refractivity contribution >= 4 is 40.4 Å². The van der Waals surface area contributed by atoms with Crippen molar-refractivity contribution in [1.82, 2.24) is 0 Å². The highest BCUT2D eigenvalue weighted by Crippen LogP contribution is 2.35. The van der Waals surface area contributed by atoms with Crippen LogP contribution in [0.5, 0.6) is 11.5 Å². The molecule has 0 N–H and O–H groups in total. The number of carbonyl (C=O) groups is 2. The quantitative estimate of drug-likeness (QED) is 0.636. The third kappa shape index (κ3) is 4.66. The molecule has 2 aliphatic rings. The van der Waals surface area contributed by atoms with Crippen LogP contribution in [-0.4, -0.2) is 36.3 Å². The number of amidine groups is 1. The summed E-state index contributed by atoms with van der Waals surface area (Å²) in [6, 6.07) is 14.7. The molecule has 1 saturated carbocycles. The van der Waals surface area contributed by atoms with Crippen LogP contribution < -0.4 is 14.4 Å². The van der Waals surface area contributed by atoms with Gasteiger partial charge in [-0.2, -0.15) is 0 Å². The van der Waals surface area contributed by atoms with Gasteiger partial charge in [0.05, 0.1) is 25.2 Å². The lowest BCUT2D eigenvalue weighted by atomic mass is 9.99. The molecule has 31 heavy (non-hydrogen) atoms. The number of ketones is 1. The summed E-state index contributed by atoms with van der Waals surface area (Å²) in [5, 5.41) is 0.354. The lowest BCUT2D eigenvalue weighted by Crippen LogP contribution is -2.33. The monoisotopic (exact) mass is 436 g/mol. The largest absolute Gasteiger partial charge is 0.497 e. The van der Waals surface area contributed by atoms with Gasteiger partial charge in [-0.1, -0.05) is 36.4 Å². The molecule has 6 nitrogen and oxygen atoms in total. The van der Waals surface area contributed by atoms with Gasteiger partial charge in [0, 0.05) is 12.5 Å². The van der Waals surface area contributed by atoms with Crippen LogP contribution in [0, 0.1) is 0 Å². The van der Waals surface area contributed by atoms with Crippen molar-refractivity contribution in [3.05, 3.63) is 59.8 Å². The Balaban J connectivity index is 1.69. The summed E-state index contributed by atoms with van der Waals surface area (Å²) in [4.78, 5) is 32.0. The van der Waals surface area contributed by atoms with E-state index in [2.05, 4.69) is 4.99 Å². The standard InChI is InChI=1S/C24H24N2O4S/c1-29-18-12-10-16(11-13-18)14-20-23(28)26(17-6-5-7-19(15-17)30-2)24(25-20)31-22-9-4-3-8-21(22)27/h5-7,10-15,22H,3-4,8-9H2,1-2H3. The molecule has 1 aliphatic carbocycles. The number of methoxy groups -OCH3 is 2. The topological polar surface area (TPSA) is 68.2 Å². The maximum Gasteiger partial charge on any atom is 0.283 e. The normalized spacial score (nSPS) is 20.2. The van der Waals surface area contributed by atoms with Crippen LogP contribution in [0.2, 0.25) is 0 Å².